The third-order valence-corrected chi connectivity index (χ3v) is 4.90. The Hall–Kier alpha value is -2.71. The van der Waals surface area contributed by atoms with Crippen molar-refractivity contribution < 1.29 is 4.92 Å². The number of halogens is 1. The topological polar surface area (TPSA) is 89.1 Å². The van der Waals surface area contributed by atoms with Crippen LogP contribution in [0.1, 0.15) is 12.2 Å². The molecule has 0 unspecified atom stereocenters. The molecule has 1 aromatic carbocycles. The van der Waals surface area contributed by atoms with E-state index in [1.807, 2.05) is 31.3 Å². The summed E-state index contributed by atoms with van der Waals surface area (Å²) in [6.07, 6.45) is 4.03. The Balaban J connectivity index is 1.47. The Labute approximate surface area is 168 Å². The Morgan fingerprint density at radius 1 is 1.29 bits per heavy atom. The lowest BCUT2D eigenvalue weighted by Gasteiger charge is -2.16. The van der Waals surface area contributed by atoms with Crippen LogP contribution in [0.15, 0.2) is 36.7 Å². The maximum Gasteiger partial charge on any atom is 0.342 e. The first-order chi connectivity index (χ1) is 13.5. The van der Waals surface area contributed by atoms with E-state index in [1.165, 1.54) is 6.20 Å². The molecular formula is C19H23ClN6O2. The van der Waals surface area contributed by atoms with Crippen LogP contribution >= 0.6 is 11.6 Å². The summed E-state index contributed by atoms with van der Waals surface area (Å²) in [5.41, 5.74) is 1.90. The summed E-state index contributed by atoms with van der Waals surface area (Å²) in [5, 5.41) is 16.2. The van der Waals surface area contributed by atoms with Crippen molar-refractivity contribution in [1.29, 1.82) is 0 Å². The molecule has 0 spiro atoms. The second-order valence-corrected chi connectivity index (χ2v) is 7.11. The van der Waals surface area contributed by atoms with Crippen LogP contribution in [0, 0.1) is 17.0 Å². The zero-order chi connectivity index (χ0) is 20.1. The number of likely N-dealkylation sites (N-methyl/N-ethyl adjacent to an activating group) is 1. The Morgan fingerprint density at radius 3 is 2.89 bits per heavy atom. The van der Waals surface area contributed by atoms with E-state index in [-0.39, 0.29) is 5.82 Å². The summed E-state index contributed by atoms with van der Waals surface area (Å²) in [6.45, 7) is 4.74. The molecule has 2 heterocycles. The zero-order valence-electron chi connectivity index (χ0n) is 15.9. The fraction of sp³-hybridized carbons (Fsp3) is 0.368. The van der Waals surface area contributed by atoms with Crippen LogP contribution in [0.2, 0.25) is 5.02 Å². The van der Waals surface area contributed by atoms with E-state index in [4.69, 9.17) is 11.6 Å². The zero-order valence-corrected chi connectivity index (χ0v) is 16.7. The van der Waals surface area contributed by atoms with Gasteiger partial charge in [-0.2, -0.15) is 0 Å². The van der Waals surface area contributed by atoms with Crippen molar-refractivity contribution in [3.63, 3.8) is 0 Å². The molecule has 9 heteroatoms. The molecule has 1 N–H and O–H groups in total. The lowest BCUT2D eigenvalue weighted by molar-refractivity contribution is -0.392. The average molecular weight is 403 g/mol. The highest BCUT2D eigenvalue weighted by Gasteiger charge is 2.17. The molecule has 0 atom stereocenters. The van der Waals surface area contributed by atoms with Gasteiger partial charge in [-0.1, -0.05) is 11.6 Å². The largest absolute Gasteiger partial charge is 0.384 e. The second-order valence-electron chi connectivity index (χ2n) is 6.68. The molecule has 0 aliphatic carbocycles. The minimum absolute atomic E-state index is 0.0391. The summed E-state index contributed by atoms with van der Waals surface area (Å²) >= 11 is 6.03. The number of hydrogen-bond donors (Lipinski definition) is 1. The highest BCUT2D eigenvalue weighted by Crippen LogP contribution is 2.24. The summed E-state index contributed by atoms with van der Waals surface area (Å²) in [4.78, 5) is 21.2. The summed E-state index contributed by atoms with van der Waals surface area (Å²) in [5.74, 6) is 0.698. The van der Waals surface area contributed by atoms with Gasteiger partial charge in [-0.3, -0.25) is 4.98 Å². The van der Waals surface area contributed by atoms with Crippen LogP contribution in [0.5, 0.6) is 0 Å². The predicted octanol–water partition coefficient (Wildman–Crippen LogP) is 3.74. The predicted molar refractivity (Wildman–Crippen MR) is 111 cm³/mol. The molecule has 8 nitrogen and oxygen atoms in total. The summed E-state index contributed by atoms with van der Waals surface area (Å²) in [7, 11) is 2.02. The first-order valence-electron chi connectivity index (χ1n) is 9.09. The van der Waals surface area contributed by atoms with Crippen molar-refractivity contribution in [2.45, 2.75) is 19.9 Å². The maximum atomic E-state index is 11.0. The van der Waals surface area contributed by atoms with Crippen LogP contribution in [0.4, 0.5) is 11.5 Å². The van der Waals surface area contributed by atoms with Crippen molar-refractivity contribution >= 4 is 34.0 Å². The molecule has 148 valence electrons. The molecule has 0 saturated carbocycles. The normalized spacial score (nSPS) is 11.3. The Morgan fingerprint density at radius 2 is 2.11 bits per heavy atom. The van der Waals surface area contributed by atoms with E-state index in [1.54, 1.807) is 17.7 Å². The van der Waals surface area contributed by atoms with Crippen LogP contribution in [0.25, 0.3) is 10.9 Å². The van der Waals surface area contributed by atoms with Crippen molar-refractivity contribution in [3.05, 3.63) is 57.6 Å². The van der Waals surface area contributed by atoms with E-state index < -0.39 is 4.92 Å². The van der Waals surface area contributed by atoms with Crippen molar-refractivity contribution in [2.24, 2.45) is 0 Å². The molecule has 0 amide bonds. The average Bonchev–Trinajstić information content (AvgIpc) is 3.04. The Bertz CT molecular complexity index is 974. The molecule has 0 aliphatic heterocycles. The fourth-order valence-corrected chi connectivity index (χ4v) is 3.27. The summed E-state index contributed by atoms with van der Waals surface area (Å²) < 4.78 is 1.64. The molecule has 0 aliphatic rings. The number of anilines is 1. The van der Waals surface area contributed by atoms with Crippen LogP contribution < -0.4 is 5.32 Å². The van der Waals surface area contributed by atoms with E-state index in [0.717, 1.165) is 36.1 Å². The third kappa shape index (κ3) is 4.76. The number of nitrogens with zero attached hydrogens (tertiary/aromatic N) is 5. The van der Waals surface area contributed by atoms with Crippen LogP contribution in [-0.2, 0) is 6.54 Å². The van der Waals surface area contributed by atoms with Gasteiger partial charge in [-0.15, -0.1) is 0 Å². The lowest BCUT2D eigenvalue weighted by atomic mass is 10.2. The van der Waals surface area contributed by atoms with Gasteiger partial charge in [0.25, 0.3) is 0 Å². The molecule has 0 fully saturated rings. The number of hydrogen-bond acceptors (Lipinski definition) is 6. The smallest absolute Gasteiger partial charge is 0.342 e. The molecule has 0 saturated heterocycles. The van der Waals surface area contributed by atoms with Gasteiger partial charge in [0.2, 0.25) is 0 Å². The highest BCUT2D eigenvalue weighted by molar-refractivity contribution is 6.31. The monoisotopic (exact) mass is 402 g/mol. The van der Waals surface area contributed by atoms with Gasteiger partial charge >= 0.3 is 5.82 Å². The van der Waals surface area contributed by atoms with Gasteiger partial charge in [0.1, 0.15) is 12.7 Å². The van der Waals surface area contributed by atoms with Crippen LogP contribution in [-0.4, -0.2) is 51.0 Å². The standard InChI is InChI=1S/C19H23ClN6O2/c1-14-23-13-19(26(27)28)25(14)11-10-24(2)9-3-7-21-17-6-8-22-18-12-15(20)4-5-16(17)18/h4-6,8,12-13H,3,7,9-11H2,1-2H3,(H,21,22). The number of imidazole rings is 1. The molecule has 28 heavy (non-hydrogen) atoms. The number of nitrogens with one attached hydrogen (secondary N) is 1. The van der Waals surface area contributed by atoms with Gasteiger partial charge in [0.15, 0.2) is 5.82 Å². The molecule has 3 rings (SSSR count). The van der Waals surface area contributed by atoms with Crippen molar-refractivity contribution in [3.8, 4) is 0 Å². The molecule has 2 aromatic heterocycles. The number of benzene rings is 1. The van der Waals surface area contributed by atoms with E-state index in [0.29, 0.717) is 23.9 Å². The number of pyridine rings is 1. The summed E-state index contributed by atoms with van der Waals surface area (Å²) in [6, 6.07) is 7.65. The van der Waals surface area contributed by atoms with E-state index in [9.17, 15) is 10.1 Å². The van der Waals surface area contributed by atoms with Gasteiger partial charge in [0.05, 0.1) is 5.52 Å². The minimum atomic E-state index is -0.393. The SMILES string of the molecule is Cc1ncc([N+](=O)[O-])n1CCN(C)CCCNc1ccnc2cc(Cl)ccc12. The molecule has 0 radical (unpaired) electrons. The third-order valence-electron chi connectivity index (χ3n) is 4.66. The number of rotatable bonds is 9. The molecule has 0 bridgehead atoms. The fourth-order valence-electron chi connectivity index (χ4n) is 3.11. The first kappa shape index (κ1) is 20.0. The van der Waals surface area contributed by atoms with E-state index in [2.05, 4.69) is 20.2 Å². The highest BCUT2D eigenvalue weighted by atomic mass is 35.5. The number of aryl methyl sites for hydroxylation is 1. The van der Waals surface area contributed by atoms with Crippen LogP contribution in [0.3, 0.4) is 0 Å². The quantitative estimate of drug-likeness (QED) is 0.333. The van der Waals surface area contributed by atoms with Gasteiger partial charge in [0, 0.05) is 42.3 Å². The number of aromatic nitrogens is 3. The molecule has 3 aromatic rings. The van der Waals surface area contributed by atoms with Crippen molar-refractivity contribution in [2.75, 3.05) is 32.0 Å². The van der Waals surface area contributed by atoms with E-state index >= 15 is 0 Å². The Kier molecular flexibility index (Phi) is 6.43. The maximum absolute atomic E-state index is 11.0. The first-order valence-corrected chi connectivity index (χ1v) is 9.46. The van der Waals surface area contributed by atoms with Gasteiger partial charge < -0.3 is 20.3 Å². The minimum Gasteiger partial charge on any atom is -0.384 e. The molecular weight excluding hydrogens is 380 g/mol. The number of fused-ring (bicyclic) bond motifs is 1. The van der Waals surface area contributed by atoms with Gasteiger partial charge in [-0.25, -0.2) is 9.55 Å². The second kappa shape index (κ2) is 8.99. The van der Waals surface area contributed by atoms with Crippen molar-refractivity contribution in [1.82, 2.24) is 19.4 Å². The lowest BCUT2D eigenvalue weighted by Crippen LogP contribution is -2.26. The van der Waals surface area contributed by atoms with Gasteiger partial charge in [-0.05, 0) is 49.2 Å². The number of nitro groups is 1.